The fourth-order valence-electron chi connectivity index (χ4n) is 2.25. The number of hydrogen-bond acceptors (Lipinski definition) is 4. The van der Waals surface area contributed by atoms with Gasteiger partial charge in [0.25, 0.3) is 5.91 Å². The van der Waals surface area contributed by atoms with Crippen LogP contribution in [0.3, 0.4) is 0 Å². The minimum absolute atomic E-state index is 0.127. The molecule has 0 atom stereocenters. The Morgan fingerprint density at radius 2 is 1.85 bits per heavy atom. The normalized spacial score (nSPS) is 10.2. The maximum absolute atomic E-state index is 12.2. The molecule has 0 aliphatic heterocycles. The van der Waals surface area contributed by atoms with Gasteiger partial charge in [-0.25, -0.2) is 0 Å². The van der Waals surface area contributed by atoms with Gasteiger partial charge in [-0.3, -0.25) is 14.6 Å². The first-order chi connectivity index (χ1) is 12.6. The maximum Gasteiger partial charge on any atom is 0.274 e. The number of ketones is 1. The molecule has 1 heterocycles. The zero-order chi connectivity index (χ0) is 18.4. The molecular weight excluding hydrogens is 352 g/mol. The molecule has 3 rings (SSSR count). The minimum Gasteiger partial charge on any atom is -0.485 e. The van der Waals surface area contributed by atoms with E-state index < -0.39 is 0 Å². The smallest absolute Gasteiger partial charge is 0.274 e. The van der Waals surface area contributed by atoms with E-state index in [1.165, 1.54) is 0 Å². The number of Topliss-reactive ketones (excluding diaryl/α,β-unsaturated/α-hetero) is 1. The van der Waals surface area contributed by atoms with Crippen LogP contribution in [0, 0.1) is 0 Å². The molecule has 2 aromatic carbocycles. The van der Waals surface area contributed by atoms with Crippen molar-refractivity contribution in [3.05, 3.63) is 89.2 Å². The molecule has 6 heteroatoms. The molecule has 0 unspecified atom stereocenters. The van der Waals surface area contributed by atoms with Crippen LogP contribution in [-0.4, -0.2) is 23.3 Å². The molecule has 0 saturated carbocycles. The van der Waals surface area contributed by atoms with Crippen molar-refractivity contribution in [2.45, 2.75) is 0 Å². The molecule has 0 spiro atoms. The third-order valence-corrected chi connectivity index (χ3v) is 3.74. The van der Waals surface area contributed by atoms with Crippen molar-refractivity contribution >= 4 is 29.0 Å². The van der Waals surface area contributed by atoms with Gasteiger partial charge in [0.2, 0.25) is 0 Å². The van der Waals surface area contributed by atoms with E-state index in [0.717, 1.165) is 0 Å². The van der Waals surface area contributed by atoms with Crippen LogP contribution in [-0.2, 0) is 0 Å². The van der Waals surface area contributed by atoms with Gasteiger partial charge < -0.3 is 10.1 Å². The minimum atomic E-state index is -0.322. The molecule has 0 aliphatic rings. The van der Waals surface area contributed by atoms with Crippen molar-refractivity contribution in [3.63, 3.8) is 0 Å². The molecule has 0 fully saturated rings. The molecule has 0 aliphatic carbocycles. The SMILES string of the molecule is O=C(COc1cccc(NC(=O)c2ccccn2)c1)c1cccc(Cl)c1. The average Bonchev–Trinajstić information content (AvgIpc) is 2.67. The van der Waals surface area contributed by atoms with E-state index in [4.69, 9.17) is 16.3 Å². The fourth-order valence-corrected chi connectivity index (χ4v) is 2.44. The Morgan fingerprint density at radius 3 is 2.62 bits per heavy atom. The molecule has 5 nitrogen and oxygen atoms in total. The molecular formula is C20H15ClN2O3. The zero-order valence-corrected chi connectivity index (χ0v) is 14.4. The van der Waals surface area contributed by atoms with E-state index in [-0.39, 0.29) is 18.3 Å². The van der Waals surface area contributed by atoms with Crippen molar-refractivity contribution in [2.75, 3.05) is 11.9 Å². The molecule has 0 bridgehead atoms. The highest BCUT2D eigenvalue weighted by Crippen LogP contribution is 2.19. The lowest BCUT2D eigenvalue weighted by atomic mass is 10.1. The van der Waals surface area contributed by atoms with E-state index >= 15 is 0 Å². The quantitative estimate of drug-likeness (QED) is 0.662. The van der Waals surface area contributed by atoms with E-state index in [2.05, 4.69) is 10.3 Å². The lowest BCUT2D eigenvalue weighted by Crippen LogP contribution is -2.14. The summed E-state index contributed by atoms with van der Waals surface area (Å²) in [6.07, 6.45) is 1.55. The molecule has 1 amide bonds. The highest BCUT2D eigenvalue weighted by molar-refractivity contribution is 6.31. The van der Waals surface area contributed by atoms with Gasteiger partial charge in [-0.05, 0) is 36.4 Å². The Balaban J connectivity index is 1.62. The third-order valence-electron chi connectivity index (χ3n) is 3.51. The Bertz CT molecular complexity index is 929. The second-order valence-electron chi connectivity index (χ2n) is 5.42. The highest BCUT2D eigenvalue weighted by atomic mass is 35.5. The van der Waals surface area contributed by atoms with Crippen LogP contribution >= 0.6 is 11.6 Å². The Labute approximate surface area is 155 Å². The summed E-state index contributed by atoms with van der Waals surface area (Å²) in [7, 11) is 0. The predicted molar refractivity (Wildman–Crippen MR) is 99.9 cm³/mol. The summed E-state index contributed by atoms with van der Waals surface area (Å²) >= 11 is 5.89. The summed E-state index contributed by atoms with van der Waals surface area (Å²) in [6, 6.07) is 18.6. The number of rotatable bonds is 6. The van der Waals surface area contributed by atoms with Crippen molar-refractivity contribution in [2.24, 2.45) is 0 Å². The third kappa shape index (κ3) is 4.68. The monoisotopic (exact) mass is 366 g/mol. The number of hydrogen-bond donors (Lipinski definition) is 1. The summed E-state index contributed by atoms with van der Waals surface area (Å²) in [6.45, 7) is -0.127. The van der Waals surface area contributed by atoms with E-state index in [1.54, 1.807) is 72.9 Å². The van der Waals surface area contributed by atoms with Crippen LogP contribution in [0.4, 0.5) is 5.69 Å². The summed E-state index contributed by atoms with van der Waals surface area (Å²) in [5, 5.41) is 3.24. The molecule has 3 aromatic rings. The fraction of sp³-hybridized carbons (Fsp3) is 0.0500. The van der Waals surface area contributed by atoms with Gasteiger partial charge in [0, 0.05) is 28.5 Å². The number of ether oxygens (including phenoxy) is 1. The number of nitrogens with one attached hydrogen (secondary N) is 1. The maximum atomic E-state index is 12.2. The van der Waals surface area contributed by atoms with E-state index in [1.807, 2.05) is 0 Å². The number of benzene rings is 2. The van der Waals surface area contributed by atoms with Crippen molar-refractivity contribution in [3.8, 4) is 5.75 Å². The second-order valence-corrected chi connectivity index (χ2v) is 5.86. The first-order valence-corrected chi connectivity index (χ1v) is 8.23. The number of carbonyl (C=O) groups excluding carboxylic acids is 2. The number of nitrogens with zero attached hydrogens (tertiary/aromatic N) is 1. The summed E-state index contributed by atoms with van der Waals surface area (Å²) in [5.41, 5.74) is 1.35. The first-order valence-electron chi connectivity index (χ1n) is 7.86. The van der Waals surface area contributed by atoms with Gasteiger partial charge in [0.1, 0.15) is 11.4 Å². The van der Waals surface area contributed by atoms with Crippen LogP contribution in [0.5, 0.6) is 5.75 Å². The summed E-state index contributed by atoms with van der Waals surface area (Å²) in [4.78, 5) is 28.3. The molecule has 26 heavy (non-hydrogen) atoms. The molecule has 0 radical (unpaired) electrons. The lowest BCUT2D eigenvalue weighted by Gasteiger charge is -2.09. The average molecular weight is 367 g/mol. The summed E-state index contributed by atoms with van der Waals surface area (Å²) < 4.78 is 5.53. The van der Waals surface area contributed by atoms with Gasteiger partial charge in [-0.1, -0.05) is 35.9 Å². The Morgan fingerprint density at radius 1 is 1.00 bits per heavy atom. The molecule has 0 saturated heterocycles. The van der Waals surface area contributed by atoms with E-state index in [9.17, 15) is 9.59 Å². The summed E-state index contributed by atoms with van der Waals surface area (Å²) in [5.74, 6) is -0.0348. The Kier molecular flexibility index (Phi) is 5.61. The zero-order valence-electron chi connectivity index (χ0n) is 13.7. The van der Waals surface area contributed by atoms with Crippen LogP contribution in [0.2, 0.25) is 5.02 Å². The second kappa shape index (κ2) is 8.27. The number of aromatic nitrogens is 1. The molecule has 1 aromatic heterocycles. The number of halogens is 1. The highest BCUT2D eigenvalue weighted by Gasteiger charge is 2.09. The van der Waals surface area contributed by atoms with Gasteiger partial charge in [-0.2, -0.15) is 0 Å². The van der Waals surface area contributed by atoms with Crippen molar-refractivity contribution in [1.29, 1.82) is 0 Å². The van der Waals surface area contributed by atoms with Gasteiger partial charge in [0.15, 0.2) is 12.4 Å². The van der Waals surface area contributed by atoms with Crippen molar-refractivity contribution in [1.82, 2.24) is 4.98 Å². The van der Waals surface area contributed by atoms with Gasteiger partial charge in [0.05, 0.1) is 0 Å². The number of carbonyl (C=O) groups is 2. The Hall–Kier alpha value is -3.18. The number of pyridine rings is 1. The predicted octanol–water partition coefficient (Wildman–Crippen LogP) is 4.25. The van der Waals surface area contributed by atoms with Crippen LogP contribution < -0.4 is 10.1 Å². The van der Waals surface area contributed by atoms with Gasteiger partial charge >= 0.3 is 0 Å². The molecule has 130 valence electrons. The lowest BCUT2D eigenvalue weighted by molar-refractivity contribution is 0.0920. The van der Waals surface area contributed by atoms with Crippen molar-refractivity contribution < 1.29 is 14.3 Å². The van der Waals surface area contributed by atoms with Crippen LogP contribution in [0.25, 0.3) is 0 Å². The topological polar surface area (TPSA) is 68.3 Å². The first kappa shape index (κ1) is 17.6. The number of amides is 1. The van der Waals surface area contributed by atoms with E-state index in [0.29, 0.717) is 27.7 Å². The molecule has 1 N–H and O–H groups in total. The van der Waals surface area contributed by atoms with Crippen LogP contribution in [0.1, 0.15) is 20.8 Å². The largest absolute Gasteiger partial charge is 0.485 e. The van der Waals surface area contributed by atoms with Crippen LogP contribution in [0.15, 0.2) is 72.9 Å². The standard InChI is InChI=1S/C20H15ClN2O3/c21-15-6-3-5-14(11-15)19(24)13-26-17-8-4-7-16(12-17)23-20(25)18-9-1-2-10-22-18/h1-12H,13H2,(H,23,25). The number of anilines is 1. The van der Waals surface area contributed by atoms with Gasteiger partial charge in [-0.15, -0.1) is 0 Å².